The molecular weight excluding hydrogens is 286 g/mol. The molecule has 0 radical (unpaired) electrons. The summed E-state index contributed by atoms with van der Waals surface area (Å²) in [6.07, 6.45) is 2.06. The average molecular weight is 305 g/mol. The Balaban J connectivity index is 2.42. The standard InChI is InChI=1S/C10H17Cl3N2O2/c1-2-8(16)15-9(10(11,12)13)14-6-7-4-3-5-17-7/h7,9,14H,2-6H2,1H3,(H,15,16)/p+1/t7-,9+/m1/s1. The first-order valence-corrected chi connectivity index (χ1v) is 6.88. The minimum absolute atomic E-state index is 0.134. The number of hydrogen-bond acceptors (Lipinski definition) is 2. The van der Waals surface area contributed by atoms with Gasteiger partial charge in [-0.15, -0.1) is 0 Å². The van der Waals surface area contributed by atoms with Crippen LogP contribution in [0.1, 0.15) is 26.2 Å². The molecule has 0 saturated carbocycles. The van der Waals surface area contributed by atoms with Crippen LogP contribution >= 0.6 is 34.8 Å². The summed E-state index contributed by atoms with van der Waals surface area (Å²) >= 11 is 17.5. The van der Waals surface area contributed by atoms with Crippen LogP contribution in [0.5, 0.6) is 0 Å². The molecule has 100 valence electrons. The number of quaternary nitrogens is 1. The van der Waals surface area contributed by atoms with Gasteiger partial charge in [-0.3, -0.25) is 4.79 Å². The maximum Gasteiger partial charge on any atom is 0.262 e. The second-order valence-electron chi connectivity index (χ2n) is 4.05. The van der Waals surface area contributed by atoms with Gasteiger partial charge in [0.1, 0.15) is 12.6 Å². The van der Waals surface area contributed by atoms with Crippen molar-refractivity contribution in [2.24, 2.45) is 0 Å². The average Bonchev–Trinajstić information content (AvgIpc) is 2.74. The van der Waals surface area contributed by atoms with E-state index < -0.39 is 9.96 Å². The number of carbonyl (C=O) groups is 1. The lowest BCUT2D eigenvalue weighted by atomic mass is 10.2. The first-order valence-electron chi connectivity index (χ1n) is 5.74. The van der Waals surface area contributed by atoms with Crippen molar-refractivity contribution < 1.29 is 14.8 Å². The predicted octanol–water partition coefficient (Wildman–Crippen LogP) is 0.951. The quantitative estimate of drug-likeness (QED) is 0.587. The molecule has 7 heteroatoms. The second-order valence-corrected chi connectivity index (χ2v) is 6.42. The van der Waals surface area contributed by atoms with Crippen molar-refractivity contribution >= 4 is 40.7 Å². The van der Waals surface area contributed by atoms with Crippen LogP contribution in [-0.4, -0.2) is 35.1 Å². The molecule has 2 atom stereocenters. The van der Waals surface area contributed by atoms with Crippen LogP contribution in [0.4, 0.5) is 0 Å². The number of nitrogens with one attached hydrogen (secondary N) is 1. The number of ether oxygens (including phenoxy) is 1. The third-order valence-electron chi connectivity index (χ3n) is 2.65. The van der Waals surface area contributed by atoms with Gasteiger partial charge in [0.05, 0.1) is 0 Å². The lowest BCUT2D eigenvalue weighted by Crippen LogP contribution is -2.97. The smallest absolute Gasteiger partial charge is 0.262 e. The number of halogens is 3. The fourth-order valence-electron chi connectivity index (χ4n) is 1.67. The van der Waals surface area contributed by atoms with E-state index in [0.29, 0.717) is 13.0 Å². The van der Waals surface area contributed by atoms with Gasteiger partial charge in [-0.1, -0.05) is 41.7 Å². The number of hydrogen-bond donors (Lipinski definition) is 2. The number of alkyl halides is 3. The highest BCUT2D eigenvalue weighted by Gasteiger charge is 2.37. The summed E-state index contributed by atoms with van der Waals surface area (Å²) in [6.45, 7) is 3.23. The monoisotopic (exact) mass is 303 g/mol. The molecule has 0 aliphatic carbocycles. The van der Waals surface area contributed by atoms with Crippen molar-refractivity contribution in [2.45, 2.75) is 42.2 Å². The number of nitrogens with two attached hydrogens (primary N) is 1. The van der Waals surface area contributed by atoms with E-state index in [9.17, 15) is 4.79 Å². The summed E-state index contributed by atoms with van der Waals surface area (Å²) in [5, 5.41) is 4.50. The van der Waals surface area contributed by atoms with E-state index in [0.717, 1.165) is 19.4 Å². The topological polar surface area (TPSA) is 54.9 Å². The summed E-state index contributed by atoms with van der Waals surface area (Å²) in [5.74, 6) is -0.134. The molecule has 17 heavy (non-hydrogen) atoms. The molecule has 0 bridgehead atoms. The molecule has 1 fully saturated rings. The van der Waals surface area contributed by atoms with Crippen molar-refractivity contribution in [3.8, 4) is 0 Å². The maximum absolute atomic E-state index is 11.3. The molecule has 1 heterocycles. The summed E-state index contributed by atoms with van der Waals surface area (Å²) < 4.78 is 3.95. The SMILES string of the molecule is CCC(=O)N[C@H]([NH2+]C[C@H]1CCCO1)C(Cl)(Cl)Cl. The molecule has 1 rings (SSSR count). The highest BCUT2D eigenvalue weighted by Crippen LogP contribution is 2.27. The van der Waals surface area contributed by atoms with Gasteiger partial charge in [0, 0.05) is 13.0 Å². The zero-order valence-electron chi connectivity index (χ0n) is 9.72. The van der Waals surface area contributed by atoms with E-state index in [1.165, 1.54) is 0 Å². The van der Waals surface area contributed by atoms with E-state index in [2.05, 4.69) is 5.32 Å². The third-order valence-corrected chi connectivity index (χ3v) is 3.35. The summed E-state index contributed by atoms with van der Waals surface area (Å²) in [4.78, 5) is 11.3. The number of amides is 1. The van der Waals surface area contributed by atoms with E-state index in [-0.39, 0.29) is 12.0 Å². The number of carbonyl (C=O) groups excluding carboxylic acids is 1. The molecule has 0 aromatic heterocycles. The van der Waals surface area contributed by atoms with E-state index in [1.54, 1.807) is 6.92 Å². The zero-order chi connectivity index (χ0) is 12.9. The Kier molecular flexibility index (Phi) is 6.31. The predicted molar refractivity (Wildman–Crippen MR) is 68.3 cm³/mol. The minimum atomic E-state index is -1.52. The van der Waals surface area contributed by atoms with E-state index >= 15 is 0 Å². The second kappa shape index (κ2) is 7.00. The van der Waals surface area contributed by atoms with Crippen molar-refractivity contribution in [1.29, 1.82) is 0 Å². The zero-order valence-corrected chi connectivity index (χ0v) is 12.0. The normalized spacial score (nSPS) is 22.5. The number of rotatable bonds is 5. The largest absolute Gasteiger partial charge is 0.372 e. The Morgan fingerprint density at radius 3 is 2.76 bits per heavy atom. The van der Waals surface area contributed by atoms with Crippen molar-refractivity contribution in [2.75, 3.05) is 13.2 Å². The molecule has 0 aromatic rings. The van der Waals surface area contributed by atoms with Crippen molar-refractivity contribution in [3.05, 3.63) is 0 Å². The van der Waals surface area contributed by atoms with Gasteiger partial charge in [0.15, 0.2) is 0 Å². The van der Waals surface area contributed by atoms with Gasteiger partial charge in [0.25, 0.3) is 3.79 Å². The molecule has 1 aliphatic heterocycles. The van der Waals surface area contributed by atoms with E-state index in [4.69, 9.17) is 39.5 Å². The third kappa shape index (κ3) is 5.62. The Hall–Kier alpha value is 0.260. The van der Waals surface area contributed by atoms with Gasteiger partial charge in [-0.05, 0) is 12.8 Å². The van der Waals surface area contributed by atoms with Crippen LogP contribution in [0, 0.1) is 0 Å². The fourth-order valence-corrected chi connectivity index (χ4v) is 2.10. The molecular formula is C10H18Cl3N2O2+. The summed E-state index contributed by atoms with van der Waals surface area (Å²) in [6, 6.07) is 0. The Morgan fingerprint density at radius 2 is 2.29 bits per heavy atom. The Labute approximate surface area is 116 Å². The molecule has 1 saturated heterocycles. The molecule has 0 aromatic carbocycles. The van der Waals surface area contributed by atoms with Gasteiger partial charge in [0.2, 0.25) is 12.1 Å². The Bertz CT molecular complexity index is 252. The van der Waals surface area contributed by atoms with Crippen molar-refractivity contribution in [1.82, 2.24) is 5.32 Å². The van der Waals surface area contributed by atoms with Crippen LogP contribution in [0.15, 0.2) is 0 Å². The van der Waals surface area contributed by atoms with Gasteiger partial charge in [-0.2, -0.15) is 0 Å². The van der Waals surface area contributed by atoms with Crippen LogP contribution in [0.25, 0.3) is 0 Å². The first kappa shape index (κ1) is 15.3. The van der Waals surface area contributed by atoms with Gasteiger partial charge >= 0.3 is 0 Å². The molecule has 1 aliphatic rings. The molecule has 1 amide bonds. The first-order chi connectivity index (χ1) is 7.93. The minimum Gasteiger partial charge on any atom is -0.372 e. The molecule has 4 nitrogen and oxygen atoms in total. The van der Waals surface area contributed by atoms with Crippen LogP contribution in [0.3, 0.4) is 0 Å². The van der Waals surface area contributed by atoms with Gasteiger partial charge in [-0.25, -0.2) is 0 Å². The Morgan fingerprint density at radius 1 is 1.59 bits per heavy atom. The van der Waals surface area contributed by atoms with Crippen molar-refractivity contribution in [3.63, 3.8) is 0 Å². The highest BCUT2D eigenvalue weighted by atomic mass is 35.6. The summed E-state index contributed by atoms with van der Waals surface area (Å²) in [7, 11) is 0. The molecule has 0 unspecified atom stereocenters. The van der Waals surface area contributed by atoms with Crippen LogP contribution in [0.2, 0.25) is 0 Å². The lowest BCUT2D eigenvalue weighted by Gasteiger charge is -2.24. The maximum atomic E-state index is 11.3. The molecule has 3 N–H and O–H groups in total. The fraction of sp³-hybridized carbons (Fsp3) is 0.900. The van der Waals surface area contributed by atoms with Gasteiger partial charge < -0.3 is 15.4 Å². The van der Waals surface area contributed by atoms with Crippen LogP contribution in [-0.2, 0) is 9.53 Å². The lowest BCUT2D eigenvalue weighted by molar-refractivity contribution is -0.697. The van der Waals surface area contributed by atoms with E-state index in [1.807, 2.05) is 5.32 Å². The highest BCUT2D eigenvalue weighted by molar-refractivity contribution is 6.68. The molecule has 0 spiro atoms. The van der Waals surface area contributed by atoms with Crippen LogP contribution < -0.4 is 10.6 Å². The summed E-state index contributed by atoms with van der Waals surface area (Å²) in [5.41, 5.74) is 0.